The van der Waals surface area contributed by atoms with E-state index in [1.165, 1.54) is 0 Å². The smallest absolute Gasteiger partial charge is 0.349 e. The number of alkyl halides is 3. The van der Waals surface area contributed by atoms with E-state index in [0.29, 0.717) is 31.5 Å². The lowest BCUT2D eigenvalue weighted by Crippen LogP contribution is -2.42. The van der Waals surface area contributed by atoms with Crippen molar-refractivity contribution in [1.82, 2.24) is 5.32 Å². The van der Waals surface area contributed by atoms with Gasteiger partial charge in [0.1, 0.15) is 5.82 Å². The number of halogens is 4. The van der Waals surface area contributed by atoms with Crippen LogP contribution in [-0.4, -0.2) is 24.4 Å². The van der Waals surface area contributed by atoms with Crippen molar-refractivity contribution >= 4 is 17.5 Å². The van der Waals surface area contributed by atoms with E-state index >= 15 is 0 Å². The molecule has 4 rings (SSSR count). The van der Waals surface area contributed by atoms with Crippen LogP contribution >= 0.6 is 0 Å². The van der Waals surface area contributed by atoms with Gasteiger partial charge in [-0.15, -0.1) is 0 Å². The Morgan fingerprint density at radius 3 is 2.42 bits per heavy atom. The molecule has 1 aliphatic heterocycles. The first-order valence-electron chi connectivity index (χ1n) is 11.1. The van der Waals surface area contributed by atoms with E-state index < -0.39 is 28.9 Å². The third-order valence-corrected chi connectivity index (χ3v) is 6.80. The molecule has 1 heterocycles. The Bertz CT molecular complexity index is 1070. The van der Waals surface area contributed by atoms with Crippen LogP contribution < -0.4 is 10.2 Å². The minimum atomic E-state index is -4.86. The maximum atomic E-state index is 13.5. The zero-order valence-corrected chi connectivity index (χ0v) is 18.5. The molecule has 4 nitrogen and oxygen atoms in total. The summed E-state index contributed by atoms with van der Waals surface area (Å²) in [7, 11) is 0. The number of hydrogen-bond acceptors (Lipinski definition) is 2. The maximum Gasteiger partial charge on any atom is 0.419 e. The summed E-state index contributed by atoms with van der Waals surface area (Å²) in [6.07, 6.45) is -1.96. The molecule has 2 aromatic carbocycles. The SMILES string of the molecule is CC1(C)C(=O)N(CC2CCC(NC(=O)c3ccc(F)c(C(F)(F)F)c3)CC2)c2ccccc21. The van der Waals surface area contributed by atoms with Crippen LogP contribution in [-0.2, 0) is 16.4 Å². The van der Waals surface area contributed by atoms with Crippen molar-refractivity contribution in [3.05, 3.63) is 65.0 Å². The predicted octanol–water partition coefficient (Wildman–Crippen LogP) is 5.46. The Kier molecular flexibility index (Phi) is 5.97. The second-order valence-electron chi connectivity index (χ2n) is 9.44. The molecule has 1 saturated carbocycles. The molecule has 1 N–H and O–H groups in total. The fraction of sp³-hybridized carbons (Fsp3) is 0.440. The van der Waals surface area contributed by atoms with Gasteiger partial charge >= 0.3 is 6.18 Å². The molecular weight excluding hydrogens is 436 g/mol. The monoisotopic (exact) mass is 462 g/mol. The van der Waals surface area contributed by atoms with E-state index in [4.69, 9.17) is 0 Å². The van der Waals surface area contributed by atoms with Crippen molar-refractivity contribution in [3.63, 3.8) is 0 Å². The van der Waals surface area contributed by atoms with Crippen LogP contribution in [0.4, 0.5) is 23.2 Å². The molecule has 0 aromatic heterocycles. The molecule has 0 spiro atoms. The maximum absolute atomic E-state index is 13.5. The van der Waals surface area contributed by atoms with E-state index in [1.807, 2.05) is 43.0 Å². The fourth-order valence-corrected chi connectivity index (χ4v) is 4.88. The molecule has 2 amide bonds. The summed E-state index contributed by atoms with van der Waals surface area (Å²) in [4.78, 5) is 27.3. The quantitative estimate of drug-likeness (QED) is 0.614. The van der Waals surface area contributed by atoms with Crippen molar-refractivity contribution in [2.45, 2.75) is 57.2 Å². The number of nitrogens with one attached hydrogen (secondary N) is 1. The summed E-state index contributed by atoms with van der Waals surface area (Å²) >= 11 is 0. The number of anilines is 1. The van der Waals surface area contributed by atoms with E-state index in [2.05, 4.69) is 5.32 Å². The standard InChI is InChI=1S/C25H26F4N2O2/c1-24(2)18-5-3-4-6-21(18)31(23(24)33)14-15-7-10-17(11-8-15)30-22(32)16-9-12-20(26)19(13-16)25(27,28)29/h3-6,9,12-13,15,17H,7-8,10-11,14H2,1-2H3,(H,30,32). The molecule has 33 heavy (non-hydrogen) atoms. The number of para-hydroxylation sites is 1. The zero-order valence-electron chi connectivity index (χ0n) is 18.5. The van der Waals surface area contributed by atoms with Gasteiger partial charge in [0.05, 0.1) is 11.0 Å². The zero-order chi connectivity index (χ0) is 24.0. The number of rotatable bonds is 4. The van der Waals surface area contributed by atoms with Crippen LogP contribution in [0.25, 0.3) is 0 Å². The molecule has 0 radical (unpaired) electrons. The molecule has 2 aliphatic rings. The third kappa shape index (κ3) is 4.48. The van der Waals surface area contributed by atoms with E-state index in [0.717, 1.165) is 30.2 Å². The van der Waals surface area contributed by atoms with Gasteiger partial charge in [-0.1, -0.05) is 18.2 Å². The van der Waals surface area contributed by atoms with Gasteiger partial charge in [-0.05, 0) is 75.3 Å². The first-order valence-corrected chi connectivity index (χ1v) is 11.1. The summed E-state index contributed by atoms with van der Waals surface area (Å²) in [6, 6.07) is 9.91. The summed E-state index contributed by atoms with van der Waals surface area (Å²) in [5, 5.41) is 2.78. The van der Waals surface area contributed by atoms with Gasteiger partial charge in [0.15, 0.2) is 0 Å². The molecule has 8 heteroatoms. The van der Waals surface area contributed by atoms with Crippen LogP contribution in [0.5, 0.6) is 0 Å². The Balaban J connectivity index is 1.36. The molecule has 2 aromatic rings. The average Bonchev–Trinajstić information content (AvgIpc) is 2.95. The first-order chi connectivity index (χ1) is 15.5. The van der Waals surface area contributed by atoms with Gasteiger partial charge < -0.3 is 10.2 Å². The number of amides is 2. The highest BCUT2D eigenvalue weighted by molar-refractivity contribution is 6.07. The van der Waals surface area contributed by atoms with Crippen molar-refractivity contribution in [2.24, 2.45) is 5.92 Å². The van der Waals surface area contributed by atoms with Crippen LogP contribution in [0, 0.1) is 11.7 Å². The topological polar surface area (TPSA) is 49.4 Å². The first kappa shape index (κ1) is 23.3. The third-order valence-electron chi connectivity index (χ3n) is 6.80. The number of nitrogens with zero attached hydrogens (tertiary/aromatic N) is 1. The Morgan fingerprint density at radius 2 is 1.76 bits per heavy atom. The number of carbonyl (C=O) groups is 2. The second kappa shape index (κ2) is 8.47. The molecule has 0 saturated heterocycles. The van der Waals surface area contributed by atoms with Gasteiger partial charge in [0.25, 0.3) is 5.91 Å². The van der Waals surface area contributed by atoms with Crippen LogP contribution in [0.15, 0.2) is 42.5 Å². The van der Waals surface area contributed by atoms with Gasteiger partial charge in [-0.25, -0.2) is 4.39 Å². The molecular formula is C25H26F4N2O2. The number of fused-ring (bicyclic) bond motifs is 1. The van der Waals surface area contributed by atoms with Crippen molar-refractivity contribution < 1.29 is 27.2 Å². The minimum Gasteiger partial charge on any atom is -0.349 e. The van der Waals surface area contributed by atoms with Crippen molar-refractivity contribution in [3.8, 4) is 0 Å². The van der Waals surface area contributed by atoms with Gasteiger partial charge in [0, 0.05) is 23.8 Å². The second-order valence-corrected chi connectivity index (χ2v) is 9.44. The number of benzene rings is 2. The lowest BCUT2D eigenvalue weighted by Gasteiger charge is -2.32. The highest BCUT2D eigenvalue weighted by Gasteiger charge is 2.44. The highest BCUT2D eigenvalue weighted by Crippen LogP contribution is 2.42. The minimum absolute atomic E-state index is 0.0795. The van der Waals surface area contributed by atoms with Gasteiger partial charge in [-0.2, -0.15) is 13.2 Å². The van der Waals surface area contributed by atoms with Crippen molar-refractivity contribution in [1.29, 1.82) is 0 Å². The Morgan fingerprint density at radius 1 is 1.09 bits per heavy atom. The number of hydrogen-bond donors (Lipinski definition) is 1. The molecule has 176 valence electrons. The normalized spacial score (nSPS) is 22.2. The lowest BCUT2D eigenvalue weighted by molar-refractivity contribution is -0.140. The lowest BCUT2D eigenvalue weighted by atomic mass is 9.85. The largest absolute Gasteiger partial charge is 0.419 e. The fourth-order valence-electron chi connectivity index (χ4n) is 4.88. The predicted molar refractivity (Wildman–Crippen MR) is 116 cm³/mol. The average molecular weight is 462 g/mol. The van der Waals surface area contributed by atoms with E-state index in [9.17, 15) is 27.2 Å². The highest BCUT2D eigenvalue weighted by atomic mass is 19.4. The van der Waals surface area contributed by atoms with Crippen LogP contribution in [0.2, 0.25) is 0 Å². The Labute approximate surface area is 190 Å². The molecule has 0 unspecified atom stereocenters. The molecule has 0 bridgehead atoms. The Hall–Kier alpha value is -2.90. The molecule has 1 aliphatic carbocycles. The summed E-state index contributed by atoms with van der Waals surface area (Å²) in [5.41, 5.74) is -0.260. The molecule has 1 fully saturated rings. The van der Waals surface area contributed by atoms with E-state index in [-0.39, 0.29) is 23.4 Å². The van der Waals surface area contributed by atoms with Gasteiger partial charge in [0.2, 0.25) is 5.91 Å². The molecule has 0 atom stereocenters. The summed E-state index contributed by atoms with van der Waals surface area (Å²) in [5.74, 6) is -1.70. The summed E-state index contributed by atoms with van der Waals surface area (Å²) in [6.45, 7) is 4.47. The van der Waals surface area contributed by atoms with Crippen LogP contribution in [0.1, 0.15) is 61.0 Å². The van der Waals surface area contributed by atoms with Crippen molar-refractivity contribution in [2.75, 3.05) is 11.4 Å². The number of carbonyl (C=O) groups excluding carboxylic acids is 2. The summed E-state index contributed by atoms with van der Waals surface area (Å²) < 4.78 is 52.3. The van der Waals surface area contributed by atoms with E-state index in [1.54, 1.807) is 0 Å². The van der Waals surface area contributed by atoms with Gasteiger partial charge in [-0.3, -0.25) is 9.59 Å². The van der Waals surface area contributed by atoms with Crippen LogP contribution in [0.3, 0.4) is 0 Å².